The Morgan fingerprint density at radius 2 is 2.08 bits per heavy atom. The molecule has 0 radical (unpaired) electrons. The lowest BCUT2D eigenvalue weighted by Crippen LogP contribution is -2.37. The minimum atomic E-state index is -0.806. The van der Waals surface area contributed by atoms with Crippen molar-refractivity contribution in [3.63, 3.8) is 0 Å². The van der Waals surface area contributed by atoms with Crippen LogP contribution < -0.4 is 4.90 Å². The number of nitriles is 1. The molecule has 1 aromatic heterocycles. The van der Waals surface area contributed by atoms with Gasteiger partial charge in [-0.05, 0) is 25.3 Å². The Morgan fingerprint density at radius 3 is 2.58 bits per heavy atom. The van der Waals surface area contributed by atoms with Gasteiger partial charge in [0.15, 0.2) is 5.78 Å². The first-order valence-corrected chi connectivity index (χ1v) is 8.07. The summed E-state index contributed by atoms with van der Waals surface area (Å²) in [6.45, 7) is 2.46. The quantitative estimate of drug-likeness (QED) is 0.763. The maximum absolute atomic E-state index is 12.2. The third-order valence-electron chi connectivity index (χ3n) is 4.27. The second-order valence-corrected chi connectivity index (χ2v) is 5.90. The number of ketones is 1. The molecule has 7 nitrogen and oxygen atoms in total. The molecule has 2 heterocycles. The van der Waals surface area contributed by atoms with Gasteiger partial charge in [0.2, 0.25) is 0 Å². The summed E-state index contributed by atoms with van der Waals surface area (Å²) in [6.07, 6.45) is 1.97. The topological polar surface area (TPSA) is 115 Å². The van der Waals surface area contributed by atoms with Crippen molar-refractivity contribution in [1.82, 2.24) is 4.98 Å². The number of hydrogen-bond donors (Lipinski definition) is 2. The van der Waals surface area contributed by atoms with E-state index in [2.05, 4.69) is 11.1 Å². The third-order valence-corrected chi connectivity index (χ3v) is 4.27. The van der Waals surface area contributed by atoms with Gasteiger partial charge in [-0.1, -0.05) is 6.92 Å². The summed E-state index contributed by atoms with van der Waals surface area (Å²) in [6, 6.07) is 3.56. The first-order chi connectivity index (χ1) is 11.5. The van der Waals surface area contributed by atoms with Crippen LogP contribution in [0.5, 0.6) is 0 Å². The Hall–Kier alpha value is -2.46. The summed E-state index contributed by atoms with van der Waals surface area (Å²) >= 11 is 0. The van der Waals surface area contributed by atoms with Crippen LogP contribution in [0.1, 0.15) is 54.2 Å². The Kier molecular flexibility index (Phi) is 5.88. The van der Waals surface area contributed by atoms with Crippen LogP contribution in [0.4, 0.5) is 5.82 Å². The van der Waals surface area contributed by atoms with Crippen molar-refractivity contribution in [2.75, 3.05) is 18.0 Å². The number of piperidine rings is 1. The van der Waals surface area contributed by atoms with Gasteiger partial charge in [0, 0.05) is 25.1 Å². The maximum Gasteiger partial charge on any atom is 0.306 e. The maximum atomic E-state index is 12.2. The van der Waals surface area contributed by atoms with Crippen molar-refractivity contribution in [3.05, 3.63) is 22.9 Å². The highest BCUT2D eigenvalue weighted by Crippen LogP contribution is 2.27. The molecule has 0 atom stereocenters. The monoisotopic (exact) mass is 331 g/mol. The standard InChI is InChI=1S/C17H21N3O4/c1-2-3-15(22)13-8-12(9-18)16(19-14(13)10-21)20-6-4-11(5-7-20)17(23)24/h8,11,21H,2-7,10H2,1H3,(H,23,24). The smallest absolute Gasteiger partial charge is 0.306 e. The fourth-order valence-corrected chi connectivity index (χ4v) is 2.93. The highest BCUT2D eigenvalue weighted by molar-refractivity contribution is 5.97. The number of rotatable bonds is 6. The predicted octanol–water partition coefficient (Wildman–Crippen LogP) is 1.73. The number of hydrogen-bond acceptors (Lipinski definition) is 6. The molecule has 7 heteroatoms. The average Bonchev–Trinajstić information content (AvgIpc) is 2.60. The zero-order chi connectivity index (χ0) is 17.7. The van der Waals surface area contributed by atoms with E-state index in [1.54, 1.807) is 0 Å². The van der Waals surface area contributed by atoms with Crippen molar-refractivity contribution in [2.24, 2.45) is 5.92 Å². The number of anilines is 1. The third kappa shape index (κ3) is 3.71. The summed E-state index contributed by atoms with van der Waals surface area (Å²) < 4.78 is 0. The van der Waals surface area contributed by atoms with E-state index < -0.39 is 5.97 Å². The number of carboxylic acids is 1. The molecule has 24 heavy (non-hydrogen) atoms. The van der Waals surface area contributed by atoms with Crippen LogP contribution in [0.2, 0.25) is 0 Å². The Bertz CT molecular complexity index is 673. The molecule has 1 saturated heterocycles. The number of pyridine rings is 1. The van der Waals surface area contributed by atoms with E-state index in [1.165, 1.54) is 6.07 Å². The van der Waals surface area contributed by atoms with E-state index in [0.29, 0.717) is 50.2 Å². The fourth-order valence-electron chi connectivity index (χ4n) is 2.93. The van der Waals surface area contributed by atoms with Gasteiger partial charge in [-0.2, -0.15) is 5.26 Å². The first-order valence-electron chi connectivity index (χ1n) is 8.07. The molecule has 1 aromatic rings. The molecule has 0 bridgehead atoms. The van der Waals surface area contributed by atoms with Gasteiger partial charge >= 0.3 is 5.97 Å². The van der Waals surface area contributed by atoms with Crippen LogP contribution in [0.15, 0.2) is 6.07 Å². The average molecular weight is 331 g/mol. The minimum Gasteiger partial charge on any atom is -0.481 e. The molecule has 0 saturated carbocycles. The number of carboxylic acid groups (broad SMARTS) is 1. The molecule has 0 unspecified atom stereocenters. The van der Waals surface area contributed by atoms with Gasteiger partial charge in [0.1, 0.15) is 11.9 Å². The van der Waals surface area contributed by atoms with Gasteiger partial charge < -0.3 is 15.1 Å². The molecule has 1 aliphatic rings. The van der Waals surface area contributed by atoms with E-state index in [4.69, 9.17) is 5.11 Å². The van der Waals surface area contributed by atoms with Crippen LogP contribution >= 0.6 is 0 Å². The lowest BCUT2D eigenvalue weighted by atomic mass is 9.96. The number of aliphatic hydroxyl groups is 1. The zero-order valence-corrected chi connectivity index (χ0v) is 13.7. The van der Waals surface area contributed by atoms with Crippen molar-refractivity contribution in [3.8, 4) is 6.07 Å². The fraction of sp³-hybridized carbons (Fsp3) is 0.529. The molecule has 128 valence electrons. The largest absolute Gasteiger partial charge is 0.481 e. The highest BCUT2D eigenvalue weighted by atomic mass is 16.4. The molecule has 0 aromatic carbocycles. The minimum absolute atomic E-state index is 0.137. The van der Waals surface area contributed by atoms with Gasteiger partial charge in [0.25, 0.3) is 0 Å². The second kappa shape index (κ2) is 7.88. The lowest BCUT2D eigenvalue weighted by Gasteiger charge is -2.32. The van der Waals surface area contributed by atoms with Crippen LogP contribution in [-0.4, -0.2) is 40.0 Å². The van der Waals surface area contributed by atoms with Crippen molar-refractivity contribution in [2.45, 2.75) is 39.2 Å². The summed E-state index contributed by atoms with van der Waals surface area (Å²) in [5.74, 6) is -0.908. The molecular weight excluding hydrogens is 310 g/mol. The number of aliphatic carboxylic acids is 1. The second-order valence-electron chi connectivity index (χ2n) is 5.90. The molecule has 2 rings (SSSR count). The number of carbonyl (C=O) groups is 2. The number of nitrogens with zero attached hydrogens (tertiary/aromatic N) is 3. The molecule has 0 spiro atoms. The van der Waals surface area contributed by atoms with Gasteiger partial charge in [0.05, 0.1) is 23.8 Å². The zero-order valence-electron chi connectivity index (χ0n) is 13.7. The summed E-state index contributed by atoms with van der Waals surface area (Å²) in [5, 5.41) is 28.0. The van der Waals surface area contributed by atoms with E-state index >= 15 is 0 Å². The van der Waals surface area contributed by atoms with Gasteiger partial charge in [-0.15, -0.1) is 0 Å². The molecule has 2 N–H and O–H groups in total. The van der Waals surface area contributed by atoms with Crippen LogP contribution in [0.3, 0.4) is 0 Å². The first kappa shape index (κ1) is 17.9. The highest BCUT2D eigenvalue weighted by Gasteiger charge is 2.27. The summed E-state index contributed by atoms with van der Waals surface area (Å²) in [7, 11) is 0. The van der Waals surface area contributed by atoms with E-state index in [1.807, 2.05) is 11.8 Å². The molecule has 0 amide bonds. The Labute approximate surface area is 140 Å². The SMILES string of the molecule is CCCC(=O)c1cc(C#N)c(N2CCC(C(=O)O)CC2)nc1CO. The van der Waals surface area contributed by atoms with E-state index in [-0.39, 0.29) is 29.6 Å². The molecule has 0 aliphatic carbocycles. The number of aromatic nitrogens is 1. The number of Topliss-reactive ketones (excluding diaryl/α,β-unsaturated/α-hetero) is 1. The van der Waals surface area contributed by atoms with Gasteiger partial charge in [-0.3, -0.25) is 9.59 Å². The van der Waals surface area contributed by atoms with Gasteiger partial charge in [-0.25, -0.2) is 4.98 Å². The van der Waals surface area contributed by atoms with E-state index in [0.717, 1.165) is 0 Å². The van der Waals surface area contributed by atoms with Crippen molar-refractivity contribution < 1.29 is 19.8 Å². The summed E-state index contributed by atoms with van der Waals surface area (Å²) in [4.78, 5) is 29.4. The Morgan fingerprint density at radius 1 is 1.42 bits per heavy atom. The van der Waals surface area contributed by atoms with Crippen molar-refractivity contribution >= 4 is 17.6 Å². The van der Waals surface area contributed by atoms with Crippen LogP contribution in [0, 0.1) is 17.2 Å². The van der Waals surface area contributed by atoms with Crippen molar-refractivity contribution in [1.29, 1.82) is 5.26 Å². The normalized spacial score (nSPS) is 15.1. The van der Waals surface area contributed by atoms with Crippen LogP contribution in [0.25, 0.3) is 0 Å². The van der Waals surface area contributed by atoms with Crippen LogP contribution in [-0.2, 0) is 11.4 Å². The molecule has 1 fully saturated rings. The van der Waals surface area contributed by atoms with E-state index in [9.17, 15) is 20.0 Å². The molecular formula is C17H21N3O4. The molecule has 1 aliphatic heterocycles. The lowest BCUT2D eigenvalue weighted by molar-refractivity contribution is -0.142. The predicted molar refractivity (Wildman–Crippen MR) is 86.7 cm³/mol. The summed E-state index contributed by atoms with van der Waals surface area (Å²) in [5.41, 5.74) is 0.836. The Balaban J connectivity index is 2.32. The number of aliphatic hydroxyl groups excluding tert-OH is 1. The number of carbonyl (C=O) groups excluding carboxylic acids is 1.